The molecule has 0 aliphatic rings. The fraction of sp³-hybridized carbons (Fsp3) is 0.0714. The van der Waals surface area contributed by atoms with Crippen molar-refractivity contribution in [3.8, 4) is 0 Å². The molecule has 6 heteroatoms. The number of nitrogens with one attached hydrogen (secondary N) is 1. The van der Waals surface area contributed by atoms with E-state index in [1.54, 1.807) is 24.3 Å². The van der Waals surface area contributed by atoms with Crippen LogP contribution in [0.4, 0.5) is 20.2 Å². The molecule has 0 aliphatic heterocycles. The molecule has 2 aromatic carbocycles. The number of anilines is 2. The SMILES string of the molecule is Nc1cc(F)c(SCC(=O)Nc2ccccc2)c(F)c1. The number of halogens is 2. The molecule has 0 atom stereocenters. The van der Waals surface area contributed by atoms with E-state index in [1.807, 2.05) is 6.07 Å². The summed E-state index contributed by atoms with van der Waals surface area (Å²) in [6, 6.07) is 10.9. The average Bonchev–Trinajstić information content (AvgIpc) is 2.38. The maximum absolute atomic E-state index is 13.5. The lowest BCUT2D eigenvalue weighted by Gasteiger charge is -2.07. The first-order chi connectivity index (χ1) is 9.56. The molecule has 0 spiro atoms. The number of amides is 1. The summed E-state index contributed by atoms with van der Waals surface area (Å²) in [6.07, 6.45) is 0. The van der Waals surface area contributed by atoms with Crippen LogP contribution in [0.25, 0.3) is 0 Å². The average molecular weight is 294 g/mol. The van der Waals surface area contributed by atoms with Gasteiger partial charge in [-0.05, 0) is 24.3 Å². The van der Waals surface area contributed by atoms with Crippen LogP contribution in [-0.2, 0) is 4.79 Å². The van der Waals surface area contributed by atoms with Crippen molar-refractivity contribution >= 4 is 29.0 Å². The molecule has 0 aliphatic carbocycles. The Labute approximate surface area is 119 Å². The van der Waals surface area contributed by atoms with E-state index in [0.29, 0.717) is 5.69 Å². The maximum Gasteiger partial charge on any atom is 0.234 e. The molecule has 104 valence electrons. The van der Waals surface area contributed by atoms with Gasteiger partial charge in [0.05, 0.1) is 10.6 Å². The maximum atomic E-state index is 13.5. The van der Waals surface area contributed by atoms with Crippen LogP contribution in [0.2, 0.25) is 0 Å². The topological polar surface area (TPSA) is 55.1 Å². The first-order valence-corrected chi connectivity index (χ1v) is 6.77. The van der Waals surface area contributed by atoms with E-state index < -0.39 is 11.6 Å². The molecule has 0 saturated carbocycles. The minimum Gasteiger partial charge on any atom is -0.399 e. The predicted octanol–water partition coefficient (Wildman–Crippen LogP) is 3.28. The van der Waals surface area contributed by atoms with E-state index in [0.717, 1.165) is 23.9 Å². The van der Waals surface area contributed by atoms with Crippen LogP contribution in [0.3, 0.4) is 0 Å². The molecule has 3 N–H and O–H groups in total. The van der Waals surface area contributed by atoms with Gasteiger partial charge in [0.1, 0.15) is 11.6 Å². The summed E-state index contributed by atoms with van der Waals surface area (Å²) >= 11 is 0.792. The van der Waals surface area contributed by atoms with Gasteiger partial charge in [-0.15, -0.1) is 11.8 Å². The first-order valence-electron chi connectivity index (χ1n) is 5.78. The summed E-state index contributed by atoms with van der Waals surface area (Å²) in [7, 11) is 0. The van der Waals surface area contributed by atoms with Crippen molar-refractivity contribution < 1.29 is 13.6 Å². The van der Waals surface area contributed by atoms with E-state index in [9.17, 15) is 13.6 Å². The minimum absolute atomic E-state index is 0.0121. The Hall–Kier alpha value is -2.08. The van der Waals surface area contributed by atoms with Gasteiger partial charge in [-0.25, -0.2) is 8.78 Å². The fourth-order valence-corrected chi connectivity index (χ4v) is 2.31. The van der Waals surface area contributed by atoms with E-state index >= 15 is 0 Å². The highest BCUT2D eigenvalue weighted by molar-refractivity contribution is 8.00. The zero-order valence-corrected chi connectivity index (χ0v) is 11.2. The summed E-state index contributed by atoms with van der Waals surface area (Å²) in [5.41, 5.74) is 5.97. The molecule has 0 unspecified atom stereocenters. The molecule has 0 aromatic heterocycles. The van der Waals surface area contributed by atoms with Crippen LogP contribution in [0, 0.1) is 11.6 Å². The normalized spacial score (nSPS) is 10.3. The Kier molecular flexibility index (Phi) is 4.57. The number of rotatable bonds is 4. The van der Waals surface area contributed by atoms with Gasteiger partial charge in [0.25, 0.3) is 0 Å². The van der Waals surface area contributed by atoms with Crippen LogP contribution in [0.5, 0.6) is 0 Å². The second-order valence-corrected chi connectivity index (χ2v) is 5.00. The molecule has 0 bridgehead atoms. The van der Waals surface area contributed by atoms with Crippen LogP contribution < -0.4 is 11.1 Å². The zero-order chi connectivity index (χ0) is 14.5. The van der Waals surface area contributed by atoms with Gasteiger partial charge >= 0.3 is 0 Å². The van der Waals surface area contributed by atoms with Crippen molar-refractivity contribution in [1.82, 2.24) is 0 Å². The van der Waals surface area contributed by atoms with Crippen molar-refractivity contribution in [2.45, 2.75) is 4.90 Å². The Bertz CT molecular complexity index is 597. The van der Waals surface area contributed by atoms with Crippen LogP contribution in [-0.4, -0.2) is 11.7 Å². The number of nitrogens with two attached hydrogens (primary N) is 1. The molecule has 2 rings (SSSR count). The standard InChI is InChI=1S/C14H12F2N2OS/c15-11-6-9(17)7-12(16)14(11)20-8-13(19)18-10-4-2-1-3-5-10/h1-7H,8,17H2,(H,18,19). The molecule has 0 fully saturated rings. The molecule has 0 radical (unpaired) electrons. The van der Waals surface area contributed by atoms with Gasteiger partial charge in [-0.2, -0.15) is 0 Å². The number of carbonyl (C=O) groups excluding carboxylic acids is 1. The van der Waals surface area contributed by atoms with Crippen LogP contribution in [0.1, 0.15) is 0 Å². The third-order valence-corrected chi connectivity index (χ3v) is 3.51. The van der Waals surface area contributed by atoms with Crippen molar-refractivity contribution in [1.29, 1.82) is 0 Å². The largest absolute Gasteiger partial charge is 0.399 e. The van der Waals surface area contributed by atoms with E-state index in [-0.39, 0.29) is 22.2 Å². The summed E-state index contributed by atoms with van der Waals surface area (Å²) in [5.74, 6) is -1.95. The lowest BCUT2D eigenvalue weighted by atomic mass is 10.3. The third kappa shape index (κ3) is 3.71. The van der Waals surface area contributed by atoms with Crippen molar-refractivity contribution in [2.24, 2.45) is 0 Å². The molecular formula is C14H12F2N2OS. The highest BCUT2D eigenvalue weighted by Crippen LogP contribution is 2.27. The Morgan fingerprint density at radius 2 is 1.75 bits per heavy atom. The Morgan fingerprint density at radius 1 is 1.15 bits per heavy atom. The predicted molar refractivity (Wildman–Crippen MR) is 76.6 cm³/mol. The second-order valence-electron chi connectivity index (χ2n) is 4.02. The number of hydrogen-bond donors (Lipinski definition) is 2. The number of carbonyl (C=O) groups is 1. The zero-order valence-electron chi connectivity index (χ0n) is 10.4. The lowest BCUT2D eigenvalue weighted by molar-refractivity contribution is -0.113. The highest BCUT2D eigenvalue weighted by Gasteiger charge is 2.13. The number of nitrogen functional groups attached to an aromatic ring is 1. The molecule has 2 aromatic rings. The molecule has 1 amide bonds. The van der Waals surface area contributed by atoms with Crippen LogP contribution >= 0.6 is 11.8 Å². The van der Waals surface area contributed by atoms with E-state index in [4.69, 9.17) is 5.73 Å². The van der Waals surface area contributed by atoms with Crippen LogP contribution in [0.15, 0.2) is 47.4 Å². The quantitative estimate of drug-likeness (QED) is 0.672. The Balaban J connectivity index is 1.97. The fourth-order valence-electron chi connectivity index (χ4n) is 1.57. The summed E-state index contributed by atoms with van der Waals surface area (Å²) in [4.78, 5) is 11.5. The number of thioether (sulfide) groups is 1. The third-order valence-electron chi connectivity index (χ3n) is 2.43. The van der Waals surface area contributed by atoms with Gasteiger partial charge in [0.15, 0.2) is 0 Å². The molecule has 0 heterocycles. The van der Waals surface area contributed by atoms with Crippen molar-refractivity contribution in [3.05, 3.63) is 54.1 Å². The van der Waals surface area contributed by atoms with Crippen molar-refractivity contribution in [2.75, 3.05) is 16.8 Å². The number of benzene rings is 2. The van der Waals surface area contributed by atoms with E-state index in [2.05, 4.69) is 5.32 Å². The monoisotopic (exact) mass is 294 g/mol. The van der Waals surface area contributed by atoms with Gasteiger partial charge in [-0.1, -0.05) is 18.2 Å². The summed E-state index contributed by atoms with van der Waals surface area (Å²) in [5, 5.41) is 2.63. The van der Waals surface area contributed by atoms with Gasteiger partial charge in [0, 0.05) is 11.4 Å². The van der Waals surface area contributed by atoms with Gasteiger partial charge < -0.3 is 11.1 Å². The number of hydrogen-bond acceptors (Lipinski definition) is 3. The van der Waals surface area contributed by atoms with Gasteiger partial charge in [0.2, 0.25) is 5.91 Å². The molecule has 0 saturated heterocycles. The Morgan fingerprint density at radius 3 is 2.35 bits per heavy atom. The lowest BCUT2D eigenvalue weighted by Crippen LogP contribution is -2.14. The van der Waals surface area contributed by atoms with Crippen molar-refractivity contribution in [3.63, 3.8) is 0 Å². The summed E-state index contributed by atoms with van der Waals surface area (Å²) < 4.78 is 27.0. The molecule has 20 heavy (non-hydrogen) atoms. The minimum atomic E-state index is -0.764. The number of para-hydroxylation sites is 1. The molecular weight excluding hydrogens is 282 g/mol. The van der Waals surface area contributed by atoms with E-state index in [1.165, 1.54) is 0 Å². The smallest absolute Gasteiger partial charge is 0.234 e. The van der Waals surface area contributed by atoms with Gasteiger partial charge in [-0.3, -0.25) is 4.79 Å². The summed E-state index contributed by atoms with van der Waals surface area (Å²) in [6.45, 7) is 0. The first kappa shape index (κ1) is 14.3. The second kappa shape index (κ2) is 6.38. The molecule has 3 nitrogen and oxygen atoms in total. The highest BCUT2D eigenvalue weighted by atomic mass is 32.2.